The Morgan fingerprint density at radius 3 is 0.764 bits per heavy atom. The number of unbranched alkanes of at least 4 members (excludes halogenated alkanes) is 42. The standard InChI is InChI=1S/C70H136O17P2/c1-6-9-12-15-18-21-23-25-26-27-28-29-30-31-32-34-36-39-45-50-55-69(74)86-65(59-81-68(73)54-49-44-38-35-33-24-22-19-16-13-10-7-2)61-84-88(76,77)82-57-64(71)58-83-89(78,79)85-62-66(60-80-67(72)53-48-43-37-20-17-14-11-8-3)87-70(75)56-51-46-41-40-42-47-52-63(4)5/h63-66,71H,6-62H2,1-5H3,(H,76,77)(H,78,79)/t64-,65-,66-/m1/s1. The Kier molecular flexibility index (Phi) is 62.1. The van der Waals surface area contributed by atoms with Crippen molar-refractivity contribution in [3.8, 4) is 0 Å². The Bertz CT molecular complexity index is 1720. The number of carbonyl (C=O) groups excluding carboxylic acids is 4. The van der Waals surface area contributed by atoms with E-state index < -0.39 is 97.5 Å². The molecule has 0 heterocycles. The fourth-order valence-electron chi connectivity index (χ4n) is 10.6. The highest BCUT2D eigenvalue weighted by Crippen LogP contribution is 2.45. The van der Waals surface area contributed by atoms with Crippen LogP contribution in [-0.4, -0.2) is 96.7 Å². The van der Waals surface area contributed by atoms with E-state index in [1.165, 1.54) is 180 Å². The number of esters is 4. The van der Waals surface area contributed by atoms with Gasteiger partial charge < -0.3 is 33.8 Å². The molecule has 0 aliphatic carbocycles. The van der Waals surface area contributed by atoms with Gasteiger partial charge in [-0.25, -0.2) is 9.13 Å². The molecule has 528 valence electrons. The third kappa shape index (κ3) is 64.6. The lowest BCUT2D eigenvalue weighted by Gasteiger charge is -2.21. The van der Waals surface area contributed by atoms with E-state index in [0.717, 1.165) is 96.3 Å². The molecule has 0 aromatic carbocycles. The third-order valence-corrected chi connectivity index (χ3v) is 18.2. The van der Waals surface area contributed by atoms with Crippen LogP contribution in [0.3, 0.4) is 0 Å². The predicted octanol–water partition coefficient (Wildman–Crippen LogP) is 20.1. The highest BCUT2D eigenvalue weighted by Gasteiger charge is 2.30. The molecule has 0 aromatic rings. The van der Waals surface area contributed by atoms with Crippen LogP contribution in [0.4, 0.5) is 0 Å². The van der Waals surface area contributed by atoms with E-state index in [2.05, 4.69) is 34.6 Å². The molecule has 0 aliphatic rings. The monoisotopic (exact) mass is 1310 g/mol. The van der Waals surface area contributed by atoms with E-state index in [9.17, 15) is 43.2 Å². The maximum absolute atomic E-state index is 13.0. The molecule has 3 N–H and O–H groups in total. The zero-order chi connectivity index (χ0) is 65.6. The van der Waals surface area contributed by atoms with Gasteiger partial charge in [0.2, 0.25) is 0 Å². The van der Waals surface area contributed by atoms with Gasteiger partial charge in [0.1, 0.15) is 19.3 Å². The summed E-state index contributed by atoms with van der Waals surface area (Å²) in [5, 5.41) is 10.6. The Morgan fingerprint density at radius 2 is 0.517 bits per heavy atom. The van der Waals surface area contributed by atoms with Gasteiger partial charge in [0.05, 0.1) is 26.4 Å². The van der Waals surface area contributed by atoms with E-state index in [1.807, 2.05) is 0 Å². The Labute approximate surface area is 543 Å². The Balaban J connectivity index is 5.15. The molecule has 17 nitrogen and oxygen atoms in total. The molecule has 0 aliphatic heterocycles. The summed E-state index contributed by atoms with van der Waals surface area (Å²) in [6, 6.07) is 0. The minimum Gasteiger partial charge on any atom is -0.462 e. The third-order valence-electron chi connectivity index (χ3n) is 16.3. The van der Waals surface area contributed by atoms with Crippen molar-refractivity contribution in [1.29, 1.82) is 0 Å². The van der Waals surface area contributed by atoms with Crippen molar-refractivity contribution in [1.82, 2.24) is 0 Å². The first-order valence-electron chi connectivity index (χ1n) is 36.6. The number of rotatable bonds is 70. The minimum atomic E-state index is -4.95. The van der Waals surface area contributed by atoms with Crippen molar-refractivity contribution in [2.75, 3.05) is 39.6 Å². The summed E-state index contributed by atoms with van der Waals surface area (Å²) in [5.74, 6) is -1.46. The van der Waals surface area contributed by atoms with Crippen LogP contribution >= 0.6 is 15.6 Å². The summed E-state index contributed by atoms with van der Waals surface area (Å²) in [7, 11) is -9.89. The summed E-state index contributed by atoms with van der Waals surface area (Å²) in [6.07, 6.45) is 50.3. The van der Waals surface area contributed by atoms with E-state index >= 15 is 0 Å². The van der Waals surface area contributed by atoms with Crippen LogP contribution in [0.2, 0.25) is 0 Å². The molecule has 89 heavy (non-hydrogen) atoms. The largest absolute Gasteiger partial charge is 0.472 e. The number of aliphatic hydroxyl groups excluding tert-OH is 1. The molecular weight excluding hydrogens is 1170 g/mol. The maximum atomic E-state index is 13.0. The molecule has 5 atom stereocenters. The molecule has 0 amide bonds. The minimum absolute atomic E-state index is 0.102. The lowest BCUT2D eigenvalue weighted by molar-refractivity contribution is -0.161. The van der Waals surface area contributed by atoms with Gasteiger partial charge in [-0.1, -0.05) is 311 Å². The second-order valence-corrected chi connectivity index (χ2v) is 28.7. The fraction of sp³-hybridized carbons (Fsp3) is 0.943. The highest BCUT2D eigenvalue weighted by molar-refractivity contribution is 7.47. The zero-order valence-electron chi connectivity index (χ0n) is 57.6. The van der Waals surface area contributed by atoms with E-state index in [-0.39, 0.29) is 25.7 Å². The van der Waals surface area contributed by atoms with Crippen molar-refractivity contribution >= 4 is 39.5 Å². The van der Waals surface area contributed by atoms with Gasteiger partial charge in [-0.05, 0) is 31.6 Å². The number of phosphoric acid groups is 2. The topological polar surface area (TPSA) is 237 Å². The van der Waals surface area contributed by atoms with Crippen molar-refractivity contribution < 1.29 is 80.2 Å². The van der Waals surface area contributed by atoms with Gasteiger partial charge in [0, 0.05) is 25.7 Å². The fourth-order valence-corrected chi connectivity index (χ4v) is 12.2. The van der Waals surface area contributed by atoms with Gasteiger partial charge in [0.25, 0.3) is 0 Å². The second-order valence-electron chi connectivity index (χ2n) is 25.7. The van der Waals surface area contributed by atoms with Gasteiger partial charge in [-0.2, -0.15) is 0 Å². The van der Waals surface area contributed by atoms with Crippen LogP contribution < -0.4 is 0 Å². The summed E-state index contributed by atoms with van der Waals surface area (Å²) >= 11 is 0. The van der Waals surface area contributed by atoms with Gasteiger partial charge in [-0.3, -0.25) is 37.3 Å². The van der Waals surface area contributed by atoms with Crippen LogP contribution in [-0.2, 0) is 65.4 Å². The van der Waals surface area contributed by atoms with E-state index in [4.69, 9.17) is 37.0 Å². The molecule has 0 fully saturated rings. The number of aliphatic hydroxyl groups is 1. The van der Waals surface area contributed by atoms with Crippen LogP contribution in [0.5, 0.6) is 0 Å². The molecule has 0 spiro atoms. The van der Waals surface area contributed by atoms with Crippen LogP contribution in [0.25, 0.3) is 0 Å². The van der Waals surface area contributed by atoms with Crippen LogP contribution in [0, 0.1) is 5.92 Å². The predicted molar refractivity (Wildman–Crippen MR) is 358 cm³/mol. The molecule has 0 radical (unpaired) electrons. The Hall–Kier alpha value is -1.94. The molecular formula is C70H136O17P2. The molecule has 0 bridgehead atoms. The average molecular weight is 1310 g/mol. The lowest BCUT2D eigenvalue weighted by Crippen LogP contribution is -2.30. The van der Waals surface area contributed by atoms with Gasteiger partial charge in [-0.15, -0.1) is 0 Å². The van der Waals surface area contributed by atoms with Crippen molar-refractivity contribution in [3.63, 3.8) is 0 Å². The molecule has 0 aromatic heterocycles. The first kappa shape index (κ1) is 87.1. The molecule has 0 saturated heterocycles. The number of ether oxygens (including phenoxy) is 4. The molecule has 19 heteroatoms. The van der Waals surface area contributed by atoms with E-state index in [1.54, 1.807) is 0 Å². The maximum Gasteiger partial charge on any atom is 0.472 e. The van der Waals surface area contributed by atoms with Crippen LogP contribution in [0.15, 0.2) is 0 Å². The second kappa shape index (κ2) is 63.5. The highest BCUT2D eigenvalue weighted by atomic mass is 31.2. The van der Waals surface area contributed by atoms with Gasteiger partial charge >= 0.3 is 39.5 Å². The SMILES string of the molecule is CCCCCCCCCCCCCCCCCCCCCCC(=O)O[C@H](COC(=O)CCCCCCCCCCCCCC)COP(=O)(O)OC[C@@H](O)COP(=O)(O)OC[C@@H](COC(=O)CCCCCCCCCC)OC(=O)CCCCCCCCC(C)C. The van der Waals surface area contributed by atoms with Gasteiger partial charge in [0.15, 0.2) is 12.2 Å². The first-order chi connectivity index (χ1) is 43.0. The number of carbonyl (C=O) groups is 4. The smallest absolute Gasteiger partial charge is 0.462 e. The normalized spacial score (nSPS) is 14.1. The summed E-state index contributed by atoms with van der Waals surface area (Å²) < 4.78 is 68.1. The van der Waals surface area contributed by atoms with Crippen molar-refractivity contribution in [2.24, 2.45) is 5.92 Å². The summed E-state index contributed by atoms with van der Waals surface area (Å²) in [5.41, 5.74) is 0. The van der Waals surface area contributed by atoms with Crippen molar-refractivity contribution in [3.05, 3.63) is 0 Å². The summed E-state index contributed by atoms with van der Waals surface area (Å²) in [4.78, 5) is 72.3. The Morgan fingerprint density at radius 1 is 0.303 bits per heavy atom. The first-order valence-corrected chi connectivity index (χ1v) is 39.6. The molecule has 0 rings (SSSR count). The lowest BCUT2D eigenvalue weighted by atomic mass is 10.0. The van der Waals surface area contributed by atoms with Crippen LogP contribution in [0.1, 0.15) is 362 Å². The molecule has 2 unspecified atom stereocenters. The quantitative estimate of drug-likeness (QED) is 0.0222. The average Bonchev–Trinajstić information content (AvgIpc) is 3.68. The molecule has 0 saturated carbocycles. The zero-order valence-corrected chi connectivity index (χ0v) is 59.4. The van der Waals surface area contributed by atoms with Crippen molar-refractivity contribution in [2.45, 2.75) is 380 Å². The summed E-state index contributed by atoms with van der Waals surface area (Å²) in [6.45, 7) is 7.12. The number of hydrogen-bond donors (Lipinski definition) is 3. The van der Waals surface area contributed by atoms with E-state index in [0.29, 0.717) is 31.6 Å². The number of hydrogen-bond acceptors (Lipinski definition) is 15. The number of phosphoric ester groups is 2.